The van der Waals surface area contributed by atoms with Gasteiger partial charge in [-0.15, -0.1) is 23.2 Å². The molecule has 2 heterocycles. The second-order valence-corrected chi connectivity index (χ2v) is 12.7. The van der Waals surface area contributed by atoms with Crippen molar-refractivity contribution in [2.45, 2.75) is 38.8 Å². The summed E-state index contributed by atoms with van der Waals surface area (Å²) < 4.78 is 9.33. The third-order valence-corrected chi connectivity index (χ3v) is 9.50. The van der Waals surface area contributed by atoms with E-state index in [-0.39, 0.29) is 0 Å². The summed E-state index contributed by atoms with van der Waals surface area (Å²) in [5, 5.41) is 4.95. The predicted octanol–water partition coefficient (Wildman–Crippen LogP) is 11.0. The van der Waals surface area contributed by atoms with Crippen molar-refractivity contribution in [3.05, 3.63) is 54.3 Å². The number of hydrogen-bond acceptors (Lipinski definition) is 0. The fourth-order valence-corrected chi connectivity index (χ4v) is 7.71. The number of benzene rings is 3. The number of alkyl halides is 2. The highest BCUT2D eigenvalue weighted by atomic mass is 79.9. The third kappa shape index (κ3) is 4.28. The van der Waals surface area contributed by atoms with Gasteiger partial charge in [-0.3, -0.25) is 0 Å². The van der Waals surface area contributed by atoms with Crippen molar-refractivity contribution in [2.24, 2.45) is 0 Å². The lowest BCUT2D eigenvalue weighted by Gasteiger charge is -2.12. The Bertz CT molecular complexity index is 1420. The van der Waals surface area contributed by atoms with E-state index in [1.165, 1.54) is 43.6 Å². The van der Waals surface area contributed by atoms with Gasteiger partial charge in [-0.2, -0.15) is 0 Å². The molecule has 2 aromatic heterocycles. The summed E-state index contributed by atoms with van der Waals surface area (Å²) in [6, 6.07) is 13.1. The minimum Gasteiger partial charge on any atom is -0.339 e. The molecule has 34 heavy (non-hydrogen) atoms. The molecule has 0 saturated heterocycles. The molecular formula is C26H22Br4Cl2N2. The molecule has 0 saturated carbocycles. The molecule has 0 fully saturated rings. The molecule has 0 bridgehead atoms. The van der Waals surface area contributed by atoms with Gasteiger partial charge in [0.05, 0.1) is 20.0 Å². The Balaban J connectivity index is 1.94. The summed E-state index contributed by atoms with van der Waals surface area (Å²) in [5.41, 5.74) is 4.92. The van der Waals surface area contributed by atoms with Crippen LogP contribution in [0.3, 0.4) is 0 Å². The lowest BCUT2D eigenvalue weighted by Crippen LogP contribution is -2.00. The van der Waals surface area contributed by atoms with Crippen molar-refractivity contribution in [2.75, 3.05) is 11.8 Å². The van der Waals surface area contributed by atoms with E-state index in [4.69, 9.17) is 23.2 Å². The first-order chi connectivity index (χ1) is 16.5. The minimum absolute atomic E-state index is 0.682. The van der Waals surface area contributed by atoms with Crippen LogP contribution in [-0.2, 0) is 13.1 Å². The number of rotatable bonds is 8. The third-order valence-electron chi connectivity index (χ3n) is 6.44. The van der Waals surface area contributed by atoms with E-state index in [2.05, 4.69) is 109 Å². The van der Waals surface area contributed by atoms with Crippen LogP contribution in [0.15, 0.2) is 54.3 Å². The molecule has 0 N–H and O–H groups in total. The summed E-state index contributed by atoms with van der Waals surface area (Å²) in [6.45, 7) is 1.84. The highest BCUT2D eigenvalue weighted by Crippen LogP contribution is 2.48. The number of aromatic nitrogens is 2. The van der Waals surface area contributed by atoms with E-state index in [0.717, 1.165) is 56.7 Å². The normalized spacial score (nSPS) is 12.2. The molecule has 0 radical (unpaired) electrons. The van der Waals surface area contributed by atoms with Crippen LogP contribution in [0.25, 0.3) is 43.6 Å². The summed E-state index contributed by atoms with van der Waals surface area (Å²) >= 11 is 27.6. The maximum absolute atomic E-state index is 6.02. The Morgan fingerprint density at radius 1 is 0.588 bits per heavy atom. The molecule has 5 rings (SSSR count). The maximum Gasteiger partial charge on any atom is 0.0655 e. The molecule has 178 valence electrons. The molecular weight excluding hydrogens is 731 g/mol. The first-order valence-electron chi connectivity index (χ1n) is 11.3. The zero-order chi connectivity index (χ0) is 24.0. The van der Waals surface area contributed by atoms with Crippen molar-refractivity contribution in [3.8, 4) is 0 Å². The number of unbranched alkanes of at least 4 members (excludes halogenated alkanes) is 2. The lowest BCUT2D eigenvalue weighted by molar-refractivity contribution is 0.665. The SMILES string of the molecule is ClCCCCn1c2ccc(Br)cc2c2c(Br)c3c(c(Br)c21)c1cc(Br)ccc1n3CCCCCl. The van der Waals surface area contributed by atoms with E-state index < -0.39 is 0 Å². The van der Waals surface area contributed by atoms with Crippen LogP contribution in [0, 0.1) is 0 Å². The van der Waals surface area contributed by atoms with E-state index in [1.54, 1.807) is 0 Å². The molecule has 0 aliphatic rings. The number of hydrogen-bond donors (Lipinski definition) is 0. The summed E-state index contributed by atoms with van der Waals surface area (Å²) in [4.78, 5) is 0. The molecule has 0 aliphatic heterocycles. The van der Waals surface area contributed by atoms with Crippen LogP contribution in [0.5, 0.6) is 0 Å². The highest BCUT2D eigenvalue weighted by Gasteiger charge is 2.24. The van der Waals surface area contributed by atoms with Crippen molar-refractivity contribution >= 4 is 131 Å². The van der Waals surface area contributed by atoms with Crippen LogP contribution in [0.4, 0.5) is 0 Å². The van der Waals surface area contributed by atoms with Gasteiger partial charge in [0.1, 0.15) is 0 Å². The molecule has 0 unspecified atom stereocenters. The molecule has 8 heteroatoms. The average Bonchev–Trinajstić information content (AvgIpc) is 3.31. The van der Waals surface area contributed by atoms with Gasteiger partial charge in [-0.25, -0.2) is 0 Å². The molecule has 2 nitrogen and oxygen atoms in total. The number of aryl methyl sites for hydroxylation is 2. The van der Waals surface area contributed by atoms with Crippen LogP contribution in [0.2, 0.25) is 0 Å². The van der Waals surface area contributed by atoms with E-state index in [1.807, 2.05) is 0 Å². The van der Waals surface area contributed by atoms with Gasteiger partial charge in [0.2, 0.25) is 0 Å². The fourth-order valence-electron chi connectivity index (χ4n) is 4.98. The van der Waals surface area contributed by atoms with E-state index >= 15 is 0 Å². The van der Waals surface area contributed by atoms with Crippen molar-refractivity contribution < 1.29 is 0 Å². The standard InChI is InChI=1S/C26H22Br4Cl2N2/c27-15-5-7-19-17(13-15)21-24(30)26-22(23(29)25(21)33(19)11-3-1-9-31)18-14-16(28)6-8-20(18)34(26)12-4-2-10-32/h5-8,13-14H,1-4,9-12H2. The Labute approximate surface area is 242 Å². The van der Waals surface area contributed by atoms with Gasteiger partial charge >= 0.3 is 0 Å². The Morgan fingerprint density at radius 2 is 1.00 bits per heavy atom. The number of halogens is 6. The molecule has 5 aromatic rings. The van der Waals surface area contributed by atoms with Crippen LogP contribution in [0.1, 0.15) is 25.7 Å². The molecule has 0 aliphatic carbocycles. The highest BCUT2D eigenvalue weighted by molar-refractivity contribution is 9.11. The zero-order valence-corrected chi connectivity index (χ0v) is 26.1. The molecule has 0 atom stereocenters. The molecule has 0 spiro atoms. The second-order valence-electron chi connectivity index (χ2n) is 8.49. The van der Waals surface area contributed by atoms with Crippen LogP contribution < -0.4 is 0 Å². The monoisotopic (exact) mass is 748 g/mol. The summed E-state index contributed by atoms with van der Waals surface area (Å²) in [5.74, 6) is 1.36. The first kappa shape index (κ1) is 25.4. The van der Waals surface area contributed by atoms with Gasteiger partial charge in [-0.05, 0) is 93.9 Å². The maximum atomic E-state index is 6.02. The Hall–Kier alpha value is -0.240. The van der Waals surface area contributed by atoms with Crippen LogP contribution >= 0.6 is 86.9 Å². The van der Waals surface area contributed by atoms with Crippen LogP contribution in [-0.4, -0.2) is 20.9 Å². The zero-order valence-electron chi connectivity index (χ0n) is 18.3. The quantitative estimate of drug-likeness (QED) is 0.110. The van der Waals surface area contributed by atoms with Crippen molar-refractivity contribution in [1.82, 2.24) is 9.13 Å². The summed E-state index contributed by atoms with van der Waals surface area (Å²) in [6.07, 6.45) is 4.05. The van der Waals surface area contributed by atoms with Crippen molar-refractivity contribution in [3.63, 3.8) is 0 Å². The van der Waals surface area contributed by atoms with Gasteiger partial charge < -0.3 is 9.13 Å². The van der Waals surface area contributed by atoms with Gasteiger partial charge in [0.25, 0.3) is 0 Å². The first-order valence-corrected chi connectivity index (χ1v) is 15.5. The van der Waals surface area contributed by atoms with Gasteiger partial charge in [-0.1, -0.05) is 31.9 Å². The number of fused-ring (bicyclic) bond motifs is 6. The average molecular weight is 753 g/mol. The minimum atomic E-state index is 0.682. The topological polar surface area (TPSA) is 9.86 Å². The van der Waals surface area contributed by atoms with Gasteiger partial charge in [0.15, 0.2) is 0 Å². The fraction of sp³-hybridized carbons (Fsp3) is 0.308. The molecule has 3 aromatic carbocycles. The predicted molar refractivity (Wildman–Crippen MR) is 163 cm³/mol. The lowest BCUT2D eigenvalue weighted by atomic mass is 10.1. The Morgan fingerprint density at radius 3 is 1.38 bits per heavy atom. The van der Waals surface area contributed by atoms with Gasteiger partial charge in [0, 0.05) is 66.4 Å². The second kappa shape index (κ2) is 10.6. The molecule has 0 amide bonds. The Kier molecular flexibility index (Phi) is 7.94. The van der Waals surface area contributed by atoms with E-state index in [0.29, 0.717) is 11.8 Å². The smallest absolute Gasteiger partial charge is 0.0655 e. The summed E-state index contributed by atoms with van der Waals surface area (Å²) in [7, 11) is 0. The van der Waals surface area contributed by atoms with Crippen molar-refractivity contribution in [1.29, 1.82) is 0 Å². The van der Waals surface area contributed by atoms with E-state index in [9.17, 15) is 0 Å². The largest absolute Gasteiger partial charge is 0.339 e. The number of nitrogens with zero attached hydrogens (tertiary/aromatic N) is 2.